The highest BCUT2D eigenvalue weighted by atomic mass is 16.6. The molecule has 1 heterocycles. The number of aliphatic hydroxyl groups excluding tert-OH is 1. The first kappa shape index (κ1) is 14.9. The third-order valence-electron chi connectivity index (χ3n) is 3.28. The molecule has 1 aliphatic rings. The highest BCUT2D eigenvalue weighted by molar-refractivity contribution is 5.54. The topological polar surface area (TPSA) is 60.5 Å². The summed E-state index contributed by atoms with van der Waals surface area (Å²) in [7, 11) is 3.15. The normalized spacial score (nSPS) is 18.5. The SMILES string of the molecule is CCCCOc1c(OC)cc([C@@H](O)[C@H]2CO2)cc1OC. The van der Waals surface area contributed by atoms with Gasteiger partial charge in [-0.3, -0.25) is 0 Å². The van der Waals surface area contributed by atoms with E-state index < -0.39 is 6.10 Å². The second kappa shape index (κ2) is 6.81. The van der Waals surface area contributed by atoms with Crippen LogP contribution in [-0.4, -0.2) is 38.6 Å². The number of ether oxygens (including phenoxy) is 4. The van der Waals surface area contributed by atoms with Crippen LogP contribution in [0.25, 0.3) is 0 Å². The lowest BCUT2D eigenvalue weighted by atomic mass is 10.1. The Kier molecular flexibility index (Phi) is 5.09. The van der Waals surface area contributed by atoms with Gasteiger partial charge in [0.25, 0.3) is 0 Å². The Labute approximate surface area is 119 Å². The summed E-state index contributed by atoms with van der Waals surface area (Å²) in [4.78, 5) is 0. The van der Waals surface area contributed by atoms with Gasteiger partial charge in [-0.25, -0.2) is 0 Å². The van der Waals surface area contributed by atoms with E-state index in [0.717, 1.165) is 12.8 Å². The van der Waals surface area contributed by atoms with E-state index in [-0.39, 0.29) is 6.10 Å². The Morgan fingerprint density at radius 2 is 1.90 bits per heavy atom. The van der Waals surface area contributed by atoms with Crippen molar-refractivity contribution in [3.05, 3.63) is 17.7 Å². The molecule has 1 aliphatic heterocycles. The van der Waals surface area contributed by atoms with Gasteiger partial charge in [-0.2, -0.15) is 0 Å². The molecule has 5 heteroatoms. The van der Waals surface area contributed by atoms with Crippen LogP contribution in [0.1, 0.15) is 31.4 Å². The minimum absolute atomic E-state index is 0.128. The number of aliphatic hydroxyl groups is 1. The summed E-state index contributed by atoms with van der Waals surface area (Å²) in [5, 5.41) is 10.1. The zero-order chi connectivity index (χ0) is 14.5. The first-order valence-corrected chi connectivity index (χ1v) is 6.89. The molecule has 1 saturated heterocycles. The predicted octanol–water partition coefficient (Wildman–Crippen LogP) is 2.31. The van der Waals surface area contributed by atoms with E-state index in [2.05, 4.69) is 6.92 Å². The van der Waals surface area contributed by atoms with Crippen molar-refractivity contribution in [1.29, 1.82) is 0 Å². The van der Waals surface area contributed by atoms with Gasteiger partial charge in [0.2, 0.25) is 5.75 Å². The third kappa shape index (κ3) is 3.35. The lowest BCUT2D eigenvalue weighted by Gasteiger charge is -2.17. The molecule has 1 fully saturated rings. The fourth-order valence-electron chi connectivity index (χ4n) is 1.98. The average molecular weight is 282 g/mol. The molecule has 0 unspecified atom stereocenters. The number of methoxy groups -OCH3 is 2. The Hall–Kier alpha value is -1.46. The van der Waals surface area contributed by atoms with Crippen molar-refractivity contribution in [3.8, 4) is 17.2 Å². The van der Waals surface area contributed by atoms with E-state index in [1.54, 1.807) is 26.4 Å². The summed E-state index contributed by atoms with van der Waals surface area (Å²) in [6.45, 7) is 3.30. The van der Waals surface area contributed by atoms with Crippen LogP contribution in [0.2, 0.25) is 0 Å². The molecule has 20 heavy (non-hydrogen) atoms. The molecule has 1 aromatic rings. The predicted molar refractivity (Wildman–Crippen MR) is 74.6 cm³/mol. The number of unbranched alkanes of at least 4 members (excludes halogenated alkanes) is 1. The zero-order valence-electron chi connectivity index (χ0n) is 12.2. The van der Waals surface area contributed by atoms with Crippen molar-refractivity contribution >= 4 is 0 Å². The fourth-order valence-corrected chi connectivity index (χ4v) is 1.98. The molecule has 2 atom stereocenters. The van der Waals surface area contributed by atoms with Crippen LogP contribution in [-0.2, 0) is 4.74 Å². The van der Waals surface area contributed by atoms with Gasteiger partial charge in [-0.15, -0.1) is 0 Å². The Morgan fingerprint density at radius 1 is 1.30 bits per heavy atom. The highest BCUT2D eigenvalue weighted by Crippen LogP contribution is 2.41. The van der Waals surface area contributed by atoms with Gasteiger partial charge < -0.3 is 24.1 Å². The molecule has 2 rings (SSSR count). The minimum Gasteiger partial charge on any atom is -0.493 e. The fraction of sp³-hybridized carbons (Fsp3) is 0.600. The number of epoxide rings is 1. The quantitative estimate of drug-likeness (QED) is 0.585. The third-order valence-corrected chi connectivity index (χ3v) is 3.28. The summed E-state index contributed by atoms with van der Waals surface area (Å²) < 4.78 is 21.6. The Morgan fingerprint density at radius 3 is 2.35 bits per heavy atom. The van der Waals surface area contributed by atoms with Crippen molar-refractivity contribution in [2.75, 3.05) is 27.4 Å². The van der Waals surface area contributed by atoms with Crippen molar-refractivity contribution in [2.45, 2.75) is 32.0 Å². The van der Waals surface area contributed by atoms with Crippen molar-refractivity contribution in [2.24, 2.45) is 0 Å². The van der Waals surface area contributed by atoms with Crippen LogP contribution < -0.4 is 14.2 Å². The van der Waals surface area contributed by atoms with Crippen LogP contribution in [0.4, 0.5) is 0 Å². The van der Waals surface area contributed by atoms with Crippen molar-refractivity contribution in [1.82, 2.24) is 0 Å². The molecule has 5 nitrogen and oxygen atoms in total. The van der Waals surface area contributed by atoms with Gasteiger partial charge in [0.05, 0.1) is 27.4 Å². The van der Waals surface area contributed by atoms with E-state index in [0.29, 0.717) is 36.0 Å². The number of benzene rings is 1. The largest absolute Gasteiger partial charge is 0.493 e. The van der Waals surface area contributed by atoms with Gasteiger partial charge in [0, 0.05) is 0 Å². The molecule has 1 aromatic carbocycles. The van der Waals surface area contributed by atoms with E-state index in [4.69, 9.17) is 18.9 Å². The van der Waals surface area contributed by atoms with Gasteiger partial charge in [-0.05, 0) is 24.1 Å². The second-order valence-electron chi connectivity index (χ2n) is 4.77. The molecule has 0 aromatic heterocycles. The molecule has 0 bridgehead atoms. The van der Waals surface area contributed by atoms with Gasteiger partial charge in [0.1, 0.15) is 12.2 Å². The number of rotatable bonds is 8. The van der Waals surface area contributed by atoms with Crippen LogP contribution in [0.15, 0.2) is 12.1 Å². The lowest BCUT2D eigenvalue weighted by Crippen LogP contribution is -2.07. The van der Waals surface area contributed by atoms with Crippen LogP contribution in [0.3, 0.4) is 0 Å². The van der Waals surface area contributed by atoms with Gasteiger partial charge in [0.15, 0.2) is 11.5 Å². The lowest BCUT2D eigenvalue weighted by molar-refractivity contribution is 0.136. The average Bonchev–Trinajstić information content (AvgIpc) is 3.31. The first-order valence-electron chi connectivity index (χ1n) is 6.89. The molecular formula is C15H22O5. The maximum absolute atomic E-state index is 10.1. The smallest absolute Gasteiger partial charge is 0.203 e. The molecule has 1 N–H and O–H groups in total. The van der Waals surface area contributed by atoms with Crippen LogP contribution in [0.5, 0.6) is 17.2 Å². The summed E-state index contributed by atoms with van der Waals surface area (Å²) in [6.07, 6.45) is 1.23. The van der Waals surface area contributed by atoms with E-state index in [1.165, 1.54) is 0 Å². The van der Waals surface area contributed by atoms with Crippen LogP contribution >= 0.6 is 0 Å². The van der Waals surface area contributed by atoms with E-state index in [1.807, 2.05) is 0 Å². The van der Waals surface area contributed by atoms with Crippen molar-refractivity contribution in [3.63, 3.8) is 0 Å². The van der Waals surface area contributed by atoms with E-state index >= 15 is 0 Å². The maximum Gasteiger partial charge on any atom is 0.203 e. The molecule has 0 amide bonds. The molecule has 0 spiro atoms. The van der Waals surface area contributed by atoms with Crippen molar-refractivity contribution < 1.29 is 24.1 Å². The van der Waals surface area contributed by atoms with Crippen LogP contribution in [0, 0.1) is 0 Å². The molecule has 0 radical (unpaired) electrons. The monoisotopic (exact) mass is 282 g/mol. The summed E-state index contributed by atoms with van der Waals surface area (Å²) >= 11 is 0. The minimum atomic E-state index is -0.664. The maximum atomic E-state index is 10.1. The summed E-state index contributed by atoms with van der Waals surface area (Å²) in [5.41, 5.74) is 0.712. The standard InChI is InChI=1S/C15H22O5/c1-4-5-6-19-15-11(17-2)7-10(8-12(15)18-3)14(16)13-9-20-13/h7-8,13-14,16H,4-6,9H2,1-3H3/t13-,14-/m1/s1. The highest BCUT2D eigenvalue weighted by Gasteiger charge is 2.33. The number of hydrogen-bond donors (Lipinski definition) is 1. The summed E-state index contributed by atoms with van der Waals surface area (Å²) in [5.74, 6) is 1.71. The second-order valence-corrected chi connectivity index (χ2v) is 4.77. The Balaban J connectivity index is 2.25. The van der Waals surface area contributed by atoms with Gasteiger partial charge in [-0.1, -0.05) is 13.3 Å². The molecule has 0 saturated carbocycles. The molecule has 0 aliphatic carbocycles. The van der Waals surface area contributed by atoms with Gasteiger partial charge >= 0.3 is 0 Å². The molecular weight excluding hydrogens is 260 g/mol. The first-order chi connectivity index (χ1) is 9.71. The number of hydrogen-bond acceptors (Lipinski definition) is 5. The molecule has 112 valence electrons. The summed E-state index contributed by atoms with van der Waals surface area (Å²) in [6, 6.07) is 3.55. The Bertz CT molecular complexity index is 417. The zero-order valence-corrected chi connectivity index (χ0v) is 12.2. The van der Waals surface area contributed by atoms with E-state index in [9.17, 15) is 5.11 Å².